The molecule has 1 saturated heterocycles. The Morgan fingerprint density at radius 2 is 2.20 bits per heavy atom. The van der Waals surface area contributed by atoms with Crippen molar-refractivity contribution in [2.45, 2.75) is 45.8 Å². The van der Waals surface area contributed by atoms with Gasteiger partial charge in [-0.3, -0.25) is 0 Å². The van der Waals surface area contributed by atoms with Crippen molar-refractivity contribution in [2.24, 2.45) is 11.3 Å². The number of fused-ring (bicyclic) bond motifs is 1. The summed E-state index contributed by atoms with van der Waals surface area (Å²) < 4.78 is 5.66. The van der Waals surface area contributed by atoms with E-state index in [-0.39, 0.29) is 5.41 Å². The smallest absolute Gasteiger partial charge is 0.0588 e. The molecule has 0 bridgehead atoms. The highest BCUT2D eigenvalue weighted by Crippen LogP contribution is 2.46. The summed E-state index contributed by atoms with van der Waals surface area (Å²) in [6.07, 6.45) is 2.67. The fraction of sp³-hybridized carbons (Fsp3) is 0.647. The Bertz CT molecular complexity index is 500. The predicted molar refractivity (Wildman–Crippen MR) is 83.2 cm³/mol. The average molecular weight is 294 g/mol. The van der Waals surface area contributed by atoms with Gasteiger partial charge in [-0.25, -0.2) is 0 Å². The summed E-state index contributed by atoms with van der Waals surface area (Å²) in [5.41, 5.74) is 3.07. The van der Waals surface area contributed by atoms with Crippen molar-refractivity contribution in [3.05, 3.63) is 34.3 Å². The second-order valence-corrected chi connectivity index (χ2v) is 7.41. The highest BCUT2D eigenvalue weighted by molar-refractivity contribution is 6.30. The normalized spacial score (nSPS) is 31.5. The van der Waals surface area contributed by atoms with Crippen LogP contribution in [0.1, 0.15) is 44.4 Å². The Balaban J connectivity index is 1.76. The fourth-order valence-electron chi connectivity index (χ4n) is 3.71. The molecule has 1 aliphatic heterocycles. The number of benzene rings is 1. The van der Waals surface area contributed by atoms with Gasteiger partial charge in [0.15, 0.2) is 0 Å². The maximum Gasteiger partial charge on any atom is 0.0588 e. The Kier molecular flexibility index (Phi) is 3.83. The van der Waals surface area contributed by atoms with Crippen molar-refractivity contribution < 1.29 is 4.74 Å². The maximum atomic E-state index is 6.18. The molecule has 0 saturated carbocycles. The molecule has 1 heterocycles. The molecule has 1 N–H and O–H groups in total. The first-order valence-electron chi connectivity index (χ1n) is 7.61. The molecule has 2 nitrogen and oxygen atoms in total. The Morgan fingerprint density at radius 3 is 2.90 bits per heavy atom. The first-order valence-corrected chi connectivity index (χ1v) is 7.98. The highest BCUT2D eigenvalue weighted by Gasteiger charge is 2.39. The summed E-state index contributed by atoms with van der Waals surface area (Å²) in [7, 11) is 0. The van der Waals surface area contributed by atoms with Crippen LogP contribution in [0.15, 0.2) is 18.2 Å². The zero-order valence-electron chi connectivity index (χ0n) is 12.6. The molecule has 0 radical (unpaired) electrons. The van der Waals surface area contributed by atoms with Crippen LogP contribution < -0.4 is 5.32 Å². The van der Waals surface area contributed by atoms with E-state index < -0.39 is 0 Å². The zero-order valence-corrected chi connectivity index (χ0v) is 13.3. The van der Waals surface area contributed by atoms with Gasteiger partial charge >= 0.3 is 0 Å². The van der Waals surface area contributed by atoms with Gasteiger partial charge < -0.3 is 10.1 Å². The first-order chi connectivity index (χ1) is 9.47. The van der Waals surface area contributed by atoms with Gasteiger partial charge in [0.2, 0.25) is 0 Å². The summed E-state index contributed by atoms with van der Waals surface area (Å²) in [5.74, 6) is 0.633. The largest absolute Gasteiger partial charge is 0.378 e. The molecule has 1 aromatic carbocycles. The molecule has 2 aliphatic rings. The summed E-state index contributed by atoms with van der Waals surface area (Å²) >= 11 is 6.18. The van der Waals surface area contributed by atoms with E-state index >= 15 is 0 Å². The molecule has 110 valence electrons. The van der Waals surface area contributed by atoms with Crippen LogP contribution in [0.4, 0.5) is 0 Å². The molecular formula is C17H24ClNO. The molecule has 3 heteroatoms. The number of hydrogen-bond donors (Lipinski definition) is 1. The zero-order chi connectivity index (χ0) is 14.3. The molecule has 20 heavy (non-hydrogen) atoms. The highest BCUT2D eigenvalue weighted by atomic mass is 35.5. The lowest BCUT2D eigenvalue weighted by Crippen LogP contribution is -2.36. The Labute approximate surface area is 126 Å². The van der Waals surface area contributed by atoms with Gasteiger partial charge in [0.05, 0.1) is 6.10 Å². The summed E-state index contributed by atoms with van der Waals surface area (Å²) in [4.78, 5) is 0. The van der Waals surface area contributed by atoms with Crippen molar-refractivity contribution in [1.82, 2.24) is 5.32 Å². The van der Waals surface area contributed by atoms with E-state index in [0.29, 0.717) is 18.1 Å². The van der Waals surface area contributed by atoms with Crippen LogP contribution in [0.3, 0.4) is 0 Å². The van der Waals surface area contributed by atoms with Crippen molar-refractivity contribution in [1.29, 1.82) is 0 Å². The average Bonchev–Trinajstić information content (AvgIpc) is 2.88. The first kappa shape index (κ1) is 14.4. The van der Waals surface area contributed by atoms with Gasteiger partial charge in [0, 0.05) is 24.2 Å². The van der Waals surface area contributed by atoms with E-state index in [0.717, 1.165) is 24.6 Å². The molecule has 1 fully saturated rings. The third kappa shape index (κ3) is 2.61. The van der Waals surface area contributed by atoms with Crippen LogP contribution >= 0.6 is 11.6 Å². The molecule has 1 aromatic rings. The molecule has 1 aliphatic carbocycles. The standard InChI is InChI=1S/C17H24ClNO/c1-11-13(6-7-20-11)10-19-16-15-8-14(18)5-4-12(15)9-17(16,2)3/h4-5,8,11,13,16,19H,6-7,9-10H2,1-3H3. The maximum absolute atomic E-state index is 6.18. The predicted octanol–water partition coefficient (Wildman–Crippen LogP) is 3.98. The third-order valence-corrected chi connectivity index (χ3v) is 5.20. The van der Waals surface area contributed by atoms with E-state index in [4.69, 9.17) is 16.3 Å². The van der Waals surface area contributed by atoms with Crippen LogP contribution in [0.2, 0.25) is 5.02 Å². The minimum Gasteiger partial charge on any atom is -0.378 e. The lowest BCUT2D eigenvalue weighted by Gasteiger charge is -2.30. The van der Waals surface area contributed by atoms with E-state index in [1.165, 1.54) is 17.5 Å². The number of rotatable bonds is 3. The number of halogens is 1. The summed E-state index contributed by atoms with van der Waals surface area (Å²) in [6.45, 7) is 8.80. The molecule has 3 rings (SSSR count). The van der Waals surface area contributed by atoms with E-state index in [1.54, 1.807) is 0 Å². The number of nitrogens with one attached hydrogen (secondary N) is 1. The van der Waals surface area contributed by atoms with Crippen LogP contribution in [0.5, 0.6) is 0 Å². The molecular weight excluding hydrogens is 270 g/mol. The van der Waals surface area contributed by atoms with Crippen molar-refractivity contribution >= 4 is 11.6 Å². The minimum atomic E-state index is 0.246. The molecule has 3 unspecified atom stereocenters. The van der Waals surface area contributed by atoms with Gasteiger partial charge in [-0.05, 0) is 54.4 Å². The second-order valence-electron chi connectivity index (χ2n) is 6.97. The third-order valence-electron chi connectivity index (χ3n) is 4.96. The fourth-order valence-corrected chi connectivity index (χ4v) is 3.89. The SMILES string of the molecule is CC1OCCC1CNC1c2cc(Cl)ccc2CC1(C)C. The minimum absolute atomic E-state index is 0.246. The van der Waals surface area contributed by atoms with Crippen LogP contribution in [-0.2, 0) is 11.2 Å². The Hall–Kier alpha value is -0.570. The van der Waals surface area contributed by atoms with Crippen LogP contribution in [0.25, 0.3) is 0 Å². The number of hydrogen-bond acceptors (Lipinski definition) is 2. The van der Waals surface area contributed by atoms with Gasteiger partial charge in [-0.1, -0.05) is 31.5 Å². The van der Waals surface area contributed by atoms with Gasteiger partial charge in [-0.2, -0.15) is 0 Å². The Morgan fingerprint density at radius 1 is 1.40 bits per heavy atom. The van der Waals surface area contributed by atoms with Crippen molar-refractivity contribution in [2.75, 3.05) is 13.2 Å². The van der Waals surface area contributed by atoms with E-state index in [1.807, 2.05) is 6.07 Å². The molecule has 0 amide bonds. The van der Waals surface area contributed by atoms with Gasteiger partial charge in [-0.15, -0.1) is 0 Å². The lowest BCUT2D eigenvalue weighted by molar-refractivity contribution is 0.103. The van der Waals surface area contributed by atoms with Crippen molar-refractivity contribution in [3.63, 3.8) is 0 Å². The van der Waals surface area contributed by atoms with Crippen LogP contribution in [0, 0.1) is 11.3 Å². The van der Waals surface area contributed by atoms with E-state index in [9.17, 15) is 0 Å². The lowest BCUT2D eigenvalue weighted by atomic mass is 9.85. The van der Waals surface area contributed by atoms with Gasteiger partial charge in [0.25, 0.3) is 0 Å². The monoisotopic (exact) mass is 293 g/mol. The molecule has 0 spiro atoms. The van der Waals surface area contributed by atoms with Crippen molar-refractivity contribution in [3.8, 4) is 0 Å². The summed E-state index contributed by atoms with van der Waals surface area (Å²) in [5, 5.41) is 4.63. The molecule has 0 aromatic heterocycles. The summed E-state index contributed by atoms with van der Waals surface area (Å²) in [6, 6.07) is 6.72. The van der Waals surface area contributed by atoms with Gasteiger partial charge in [0.1, 0.15) is 0 Å². The second kappa shape index (κ2) is 5.32. The topological polar surface area (TPSA) is 21.3 Å². The quantitative estimate of drug-likeness (QED) is 0.910. The van der Waals surface area contributed by atoms with Crippen LogP contribution in [-0.4, -0.2) is 19.3 Å². The number of ether oxygens (including phenoxy) is 1. The van der Waals surface area contributed by atoms with E-state index in [2.05, 4.69) is 38.2 Å². The molecule has 3 atom stereocenters.